The number of hydrogen-bond donors (Lipinski definition) is 0. The average molecular weight is 300 g/mol. The molecule has 0 aliphatic heterocycles. The van der Waals surface area contributed by atoms with E-state index in [9.17, 15) is 4.79 Å². The van der Waals surface area contributed by atoms with Crippen LogP contribution in [0.2, 0.25) is 0 Å². The molecule has 0 saturated heterocycles. The Balaban J connectivity index is 2.42. The van der Waals surface area contributed by atoms with E-state index in [1.807, 2.05) is 19.2 Å². The second-order valence-electron chi connectivity index (χ2n) is 3.43. The van der Waals surface area contributed by atoms with Crippen LogP contribution in [-0.4, -0.2) is 14.5 Å². The highest BCUT2D eigenvalue weighted by Gasteiger charge is 2.07. The Morgan fingerprint density at radius 1 is 1.50 bits per heavy atom. The fraction of sp³-hybridized carbons (Fsp3) is 0.300. The topological polar surface area (TPSA) is 47.8 Å². The van der Waals surface area contributed by atoms with Crippen molar-refractivity contribution in [1.29, 1.82) is 0 Å². The number of nitrogens with zero attached hydrogens (tertiary/aromatic N) is 3. The standard InChI is InChI=1S/C10H10BrN3OS/c1-6-5-16-9(13-6)4-14-7(2)12-3-8(11)10(14)15/h3,5H,4H2,1-2H3. The van der Waals surface area contributed by atoms with Crippen LogP contribution < -0.4 is 5.56 Å². The first-order chi connectivity index (χ1) is 7.58. The summed E-state index contributed by atoms with van der Waals surface area (Å²) in [5.41, 5.74) is 0.911. The zero-order chi connectivity index (χ0) is 11.7. The van der Waals surface area contributed by atoms with Crippen molar-refractivity contribution in [2.45, 2.75) is 20.4 Å². The molecule has 16 heavy (non-hydrogen) atoms. The summed E-state index contributed by atoms with van der Waals surface area (Å²) in [6, 6.07) is 0. The Labute approximate surface area is 105 Å². The first-order valence-corrected chi connectivity index (χ1v) is 6.38. The number of hydrogen-bond acceptors (Lipinski definition) is 4. The summed E-state index contributed by atoms with van der Waals surface area (Å²) in [6.45, 7) is 4.23. The number of aryl methyl sites for hydroxylation is 2. The van der Waals surface area contributed by atoms with Crippen molar-refractivity contribution in [2.24, 2.45) is 0 Å². The van der Waals surface area contributed by atoms with Gasteiger partial charge in [-0.2, -0.15) is 0 Å². The summed E-state index contributed by atoms with van der Waals surface area (Å²) in [5, 5.41) is 2.89. The van der Waals surface area contributed by atoms with E-state index in [1.165, 1.54) is 6.20 Å². The van der Waals surface area contributed by atoms with Crippen LogP contribution in [0.4, 0.5) is 0 Å². The first kappa shape index (κ1) is 11.5. The highest BCUT2D eigenvalue weighted by molar-refractivity contribution is 9.10. The normalized spacial score (nSPS) is 10.7. The van der Waals surface area contributed by atoms with Gasteiger partial charge in [0.15, 0.2) is 0 Å². The molecule has 0 atom stereocenters. The van der Waals surface area contributed by atoms with Crippen LogP contribution >= 0.6 is 27.3 Å². The molecule has 0 aliphatic carbocycles. The zero-order valence-corrected chi connectivity index (χ0v) is 11.3. The van der Waals surface area contributed by atoms with Gasteiger partial charge in [-0.1, -0.05) is 0 Å². The SMILES string of the molecule is Cc1csc(Cn2c(C)ncc(Br)c2=O)n1. The van der Waals surface area contributed by atoms with Crippen molar-refractivity contribution in [3.05, 3.63) is 42.9 Å². The molecule has 0 spiro atoms. The predicted octanol–water partition coefficient (Wildman–Crippen LogP) is 2.13. The van der Waals surface area contributed by atoms with Gasteiger partial charge in [-0.15, -0.1) is 11.3 Å². The van der Waals surface area contributed by atoms with Gasteiger partial charge < -0.3 is 0 Å². The van der Waals surface area contributed by atoms with E-state index < -0.39 is 0 Å². The van der Waals surface area contributed by atoms with Crippen LogP contribution in [0.15, 0.2) is 20.8 Å². The second kappa shape index (κ2) is 4.47. The number of thiazole rings is 1. The lowest BCUT2D eigenvalue weighted by Gasteiger charge is -2.06. The largest absolute Gasteiger partial charge is 0.289 e. The minimum atomic E-state index is -0.0691. The summed E-state index contributed by atoms with van der Waals surface area (Å²) in [7, 11) is 0. The van der Waals surface area contributed by atoms with Crippen molar-refractivity contribution in [1.82, 2.24) is 14.5 Å². The Bertz CT molecular complexity index is 576. The number of rotatable bonds is 2. The van der Waals surface area contributed by atoms with E-state index in [4.69, 9.17) is 0 Å². The Morgan fingerprint density at radius 3 is 2.88 bits per heavy atom. The molecule has 0 N–H and O–H groups in total. The van der Waals surface area contributed by atoms with Gasteiger partial charge in [-0.3, -0.25) is 9.36 Å². The zero-order valence-electron chi connectivity index (χ0n) is 8.90. The van der Waals surface area contributed by atoms with E-state index in [0.717, 1.165) is 10.7 Å². The minimum Gasteiger partial charge on any atom is -0.289 e. The van der Waals surface area contributed by atoms with Crippen molar-refractivity contribution in [2.75, 3.05) is 0 Å². The molecule has 2 aromatic rings. The smallest absolute Gasteiger partial charge is 0.268 e. The van der Waals surface area contributed by atoms with Gasteiger partial charge in [-0.25, -0.2) is 9.97 Å². The highest BCUT2D eigenvalue weighted by Crippen LogP contribution is 2.11. The summed E-state index contributed by atoms with van der Waals surface area (Å²) in [4.78, 5) is 20.3. The number of halogens is 1. The van der Waals surface area contributed by atoms with Crippen LogP contribution in [0.5, 0.6) is 0 Å². The second-order valence-corrected chi connectivity index (χ2v) is 5.22. The predicted molar refractivity (Wildman–Crippen MR) is 66.9 cm³/mol. The van der Waals surface area contributed by atoms with Gasteiger partial charge in [-0.05, 0) is 29.8 Å². The molecular weight excluding hydrogens is 290 g/mol. The van der Waals surface area contributed by atoms with E-state index in [-0.39, 0.29) is 5.56 Å². The molecule has 0 saturated carbocycles. The van der Waals surface area contributed by atoms with Crippen molar-refractivity contribution in [3.63, 3.8) is 0 Å². The Morgan fingerprint density at radius 2 is 2.25 bits per heavy atom. The van der Waals surface area contributed by atoms with Gasteiger partial charge in [0.1, 0.15) is 15.3 Å². The molecule has 6 heteroatoms. The van der Waals surface area contributed by atoms with E-state index >= 15 is 0 Å². The first-order valence-electron chi connectivity index (χ1n) is 4.71. The van der Waals surface area contributed by atoms with Gasteiger partial charge >= 0.3 is 0 Å². The third-order valence-electron chi connectivity index (χ3n) is 2.16. The molecule has 4 nitrogen and oxygen atoms in total. The Kier molecular flexibility index (Phi) is 3.20. The average Bonchev–Trinajstić information content (AvgIpc) is 2.65. The summed E-state index contributed by atoms with van der Waals surface area (Å²) < 4.78 is 2.09. The molecule has 0 unspecified atom stereocenters. The van der Waals surface area contributed by atoms with Gasteiger partial charge in [0.05, 0.1) is 6.54 Å². The lowest BCUT2D eigenvalue weighted by molar-refractivity contribution is 0.691. The van der Waals surface area contributed by atoms with Crippen LogP contribution in [0, 0.1) is 13.8 Å². The lowest BCUT2D eigenvalue weighted by Crippen LogP contribution is -2.24. The monoisotopic (exact) mass is 299 g/mol. The lowest BCUT2D eigenvalue weighted by atomic mass is 10.5. The minimum absolute atomic E-state index is 0.0691. The molecule has 0 aliphatic rings. The Hall–Kier alpha value is -1.01. The molecule has 0 amide bonds. The van der Waals surface area contributed by atoms with Crippen LogP contribution in [0.1, 0.15) is 16.5 Å². The molecule has 0 fully saturated rings. The van der Waals surface area contributed by atoms with E-state index in [0.29, 0.717) is 16.8 Å². The molecule has 2 heterocycles. The molecule has 2 rings (SSSR count). The fourth-order valence-electron chi connectivity index (χ4n) is 1.35. The summed E-state index contributed by atoms with van der Waals surface area (Å²) >= 11 is 4.74. The summed E-state index contributed by atoms with van der Waals surface area (Å²) in [6.07, 6.45) is 1.53. The third-order valence-corrected chi connectivity index (χ3v) is 3.66. The fourth-order valence-corrected chi connectivity index (χ4v) is 2.42. The van der Waals surface area contributed by atoms with Gasteiger partial charge in [0, 0.05) is 17.3 Å². The van der Waals surface area contributed by atoms with Crippen molar-refractivity contribution in [3.8, 4) is 0 Å². The van der Waals surface area contributed by atoms with Crippen molar-refractivity contribution >= 4 is 27.3 Å². The molecular formula is C10H10BrN3OS. The quantitative estimate of drug-likeness (QED) is 0.853. The molecule has 0 bridgehead atoms. The van der Waals surface area contributed by atoms with E-state index in [2.05, 4.69) is 25.9 Å². The van der Waals surface area contributed by atoms with Crippen LogP contribution in [-0.2, 0) is 6.54 Å². The van der Waals surface area contributed by atoms with Crippen LogP contribution in [0.25, 0.3) is 0 Å². The summed E-state index contributed by atoms with van der Waals surface area (Å²) in [5.74, 6) is 0.695. The molecule has 0 aromatic carbocycles. The van der Waals surface area contributed by atoms with Gasteiger partial charge in [0.25, 0.3) is 5.56 Å². The molecule has 0 radical (unpaired) electrons. The maximum Gasteiger partial charge on any atom is 0.268 e. The van der Waals surface area contributed by atoms with E-state index in [1.54, 1.807) is 15.9 Å². The highest BCUT2D eigenvalue weighted by atomic mass is 79.9. The maximum atomic E-state index is 11.9. The van der Waals surface area contributed by atoms with Crippen LogP contribution in [0.3, 0.4) is 0 Å². The van der Waals surface area contributed by atoms with Gasteiger partial charge in [0.2, 0.25) is 0 Å². The molecule has 2 aromatic heterocycles. The number of aromatic nitrogens is 3. The molecule has 84 valence electrons. The third kappa shape index (κ3) is 2.22. The maximum absolute atomic E-state index is 11.9. The van der Waals surface area contributed by atoms with Crippen molar-refractivity contribution < 1.29 is 0 Å².